The van der Waals surface area contributed by atoms with Crippen molar-refractivity contribution in [2.45, 2.75) is 32.4 Å². The summed E-state index contributed by atoms with van der Waals surface area (Å²) in [6.45, 7) is 6.76. The number of piperidine rings is 1. The van der Waals surface area contributed by atoms with Crippen LogP contribution in [0.5, 0.6) is 0 Å². The smallest absolute Gasteiger partial charge is 0.0645 e. The van der Waals surface area contributed by atoms with Gasteiger partial charge in [0.1, 0.15) is 0 Å². The third-order valence-electron chi connectivity index (χ3n) is 4.29. The second-order valence-electron chi connectivity index (χ2n) is 5.72. The fraction of sp³-hybridized carbons (Fsp3) is 0.471. The number of benzene rings is 1. The Morgan fingerprint density at radius 2 is 1.95 bits per heavy atom. The molecule has 1 aliphatic rings. The summed E-state index contributed by atoms with van der Waals surface area (Å²) in [5.74, 6) is 0. The van der Waals surface area contributed by atoms with E-state index in [9.17, 15) is 0 Å². The fourth-order valence-corrected chi connectivity index (χ4v) is 2.89. The van der Waals surface area contributed by atoms with Crippen LogP contribution in [0.2, 0.25) is 0 Å². The monoisotopic (exact) mass is 284 g/mol. The van der Waals surface area contributed by atoms with Crippen LogP contribution >= 0.6 is 0 Å². The Morgan fingerprint density at radius 1 is 1.19 bits per heavy atom. The minimum Gasteiger partial charge on any atom is -0.310 e. The lowest BCUT2D eigenvalue weighted by Gasteiger charge is -2.31. The molecule has 1 saturated heterocycles. The van der Waals surface area contributed by atoms with Crippen molar-refractivity contribution in [3.05, 3.63) is 48.3 Å². The molecular formula is C17H24N4. The van der Waals surface area contributed by atoms with Crippen molar-refractivity contribution in [1.82, 2.24) is 20.0 Å². The SMILES string of the molecule is CCN1CCC(NCc2cnn(-c3ccccc3)c2)CC1. The first-order chi connectivity index (χ1) is 10.3. The van der Waals surface area contributed by atoms with Gasteiger partial charge in [0, 0.05) is 24.3 Å². The van der Waals surface area contributed by atoms with Crippen molar-refractivity contribution < 1.29 is 0 Å². The Bertz CT molecular complexity index is 541. The molecular weight excluding hydrogens is 260 g/mol. The van der Waals surface area contributed by atoms with Gasteiger partial charge in [-0.15, -0.1) is 0 Å². The van der Waals surface area contributed by atoms with Gasteiger partial charge in [-0.25, -0.2) is 4.68 Å². The Hall–Kier alpha value is -1.65. The number of para-hydroxylation sites is 1. The van der Waals surface area contributed by atoms with Crippen molar-refractivity contribution in [1.29, 1.82) is 0 Å². The molecule has 0 spiro atoms. The second kappa shape index (κ2) is 6.87. The molecule has 4 heteroatoms. The zero-order valence-corrected chi connectivity index (χ0v) is 12.7. The average molecular weight is 284 g/mol. The van der Waals surface area contributed by atoms with Crippen LogP contribution in [0.15, 0.2) is 42.7 Å². The molecule has 0 radical (unpaired) electrons. The summed E-state index contributed by atoms with van der Waals surface area (Å²) in [5.41, 5.74) is 2.36. The highest BCUT2D eigenvalue weighted by Gasteiger charge is 2.17. The topological polar surface area (TPSA) is 33.1 Å². The Morgan fingerprint density at radius 3 is 2.67 bits per heavy atom. The van der Waals surface area contributed by atoms with E-state index in [4.69, 9.17) is 0 Å². The van der Waals surface area contributed by atoms with Crippen LogP contribution in [0.1, 0.15) is 25.3 Å². The first-order valence-corrected chi connectivity index (χ1v) is 7.90. The fourth-order valence-electron chi connectivity index (χ4n) is 2.89. The lowest BCUT2D eigenvalue weighted by molar-refractivity contribution is 0.206. The molecule has 0 aliphatic carbocycles. The van der Waals surface area contributed by atoms with Crippen LogP contribution < -0.4 is 5.32 Å². The molecule has 1 fully saturated rings. The lowest BCUT2D eigenvalue weighted by atomic mass is 10.1. The number of nitrogens with zero attached hydrogens (tertiary/aromatic N) is 3. The summed E-state index contributed by atoms with van der Waals surface area (Å²) in [5, 5.41) is 8.11. The molecule has 1 aromatic carbocycles. The Balaban J connectivity index is 1.52. The van der Waals surface area contributed by atoms with E-state index < -0.39 is 0 Å². The van der Waals surface area contributed by atoms with Gasteiger partial charge in [-0.05, 0) is 44.6 Å². The molecule has 0 amide bonds. The molecule has 1 N–H and O–H groups in total. The molecule has 3 rings (SSSR count). The number of likely N-dealkylation sites (tertiary alicyclic amines) is 1. The highest BCUT2D eigenvalue weighted by atomic mass is 15.3. The van der Waals surface area contributed by atoms with Crippen molar-refractivity contribution in [3.8, 4) is 5.69 Å². The summed E-state index contributed by atoms with van der Waals surface area (Å²) in [6, 6.07) is 10.9. The van der Waals surface area contributed by atoms with Crippen LogP contribution in [0.3, 0.4) is 0 Å². The minimum atomic E-state index is 0.646. The van der Waals surface area contributed by atoms with E-state index in [2.05, 4.69) is 40.6 Å². The highest BCUT2D eigenvalue weighted by molar-refractivity contribution is 5.30. The van der Waals surface area contributed by atoms with Crippen molar-refractivity contribution in [2.24, 2.45) is 0 Å². The van der Waals surface area contributed by atoms with E-state index in [0.29, 0.717) is 6.04 Å². The first kappa shape index (κ1) is 14.3. The van der Waals surface area contributed by atoms with Crippen LogP contribution in [-0.2, 0) is 6.54 Å². The minimum absolute atomic E-state index is 0.646. The van der Waals surface area contributed by atoms with Crippen LogP contribution in [0, 0.1) is 0 Å². The van der Waals surface area contributed by atoms with Gasteiger partial charge in [-0.2, -0.15) is 5.10 Å². The number of hydrogen-bond donors (Lipinski definition) is 1. The van der Waals surface area contributed by atoms with E-state index in [-0.39, 0.29) is 0 Å². The normalized spacial score (nSPS) is 17.2. The molecule has 112 valence electrons. The molecule has 2 heterocycles. The highest BCUT2D eigenvalue weighted by Crippen LogP contribution is 2.11. The third kappa shape index (κ3) is 3.71. The molecule has 21 heavy (non-hydrogen) atoms. The zero-order valence-electron chi connectivity index (χ0n) is 12.7. The number of hydrogen-bond acceptors (Lipinski definition) is 3. The molecule has 0 saturated carbocycles. The number of rotatable bonds is 5. The van der Waals surface area contributed by atoms with E-state index in [1.807, 2.05) is 29.1 Å². The van der Waals surface area contributed by atoms with Gasteiger partial charge in [0.05, 0.1) is 11.9 Å². The van der Waals surface area contributed by atoms with Gasteiger partial charge in [-0.3, -0.25) is 0 Å². The Labute approximate surface area is 126 Å². The van der Waals surface area contributed by atoms with Gasteiger partial charge in [0.25, 0.3) is 0 Å². The Kier molecular flexibility index (Phi) is 4.68. The van der Waals surface area contributed by atoms with Gasteiger partial charge in [0.2, 0.25) is 0 Å². The standard InChI is InChI=1S/C17H24N4/c1-2-20-10-8-16(9-11-20)18-12-15-13-19-21(14-15)17-6-4-3-5-7-17/h3-7,13-14,16,18H,2,8-12H2,1H3. The molecule has 1 aromatic heterocycles. The average Bonchev–Trinajstić information content (AvgIpc) is 3.03. The molecule has 1 aliphatic heterocycles. The maximum atomic E-state index is 4.44. The predicted octanol–water partition coefficient (Wildman–Crippen LogP) is 2.45. The molecule has 0 atom stereocenters. The summed E-state index contributed by atoms with van der Waals surface area (Å²) in [7, 11) is 0. The van der Waals surface area contributed by atoms with Crippen molar-refractivity contribution >= 4 is 0 Å². The van der Waals surface area contributed by atoms with Crippen molar-refractivity contribution in [2.75, 3.05) is 19.6 Å². The van der Waals surface area contributed by atoms with E-state index >= 15 is 0 Å². The summed E-state index contributed by atoms with van der Waals surface area (Å²) < 4.78 is 1.94. The van der Waals surface area contributed by atoms with Crippen LogP contribution in [0.4, 0.5) is 0 Å². The maximum absolute atomic E-state index is 4.44. The molecule has 0 bridgehead atoms. The van der Waals surface area contributed by atoms with Crippen LogP contribution in [0.25, 0.3) is 5.69 Å². The van der Waals surface area contributed by atoms with Gasteiger partial charge in [0.15, 0.2) is 0 Å². The van der Waals surface area contributed by atoms with Gasteiger partial charge in [-0.1, -0.05) is 25.1 Å². The second-order valence-corrected chi connectivity index (χ2v) is 5.72. The number of nitrogens with one attached hydrogen (secondary N) is 1. The lowest BCUT2D eigenvalue weighted by Crippen LogP contribution is -2.42. The summed E-state index contributed by atoms with van der Waals surface area (Å²) in [6.07, 6.45) is 6.58. The first-order valence-electron chi connectivity index (χ1n) is 7.90. The maximum Gasteiger partial charge on any atom is 0.0645 e. The molecule has 4 nitrogen and oxygen atoms in total. The van der Waals surface area contributed by atoms with E-state index in [1.165, 1.54) is 38.0 Å². The molecule has 0 unspecified atom stereocenters. The largest absolute Gasteiger partial charge is 0.310 e. The van der Waals surface area contributed by atoms with Crippen LogP contribution in [-0.4, -0.2) is 40.4 Å². The third-order valence-corrected chi connectivity index (χ3v) is 4.29. The predicted molar refractivity (Wildman–Crippen MR) is 85.5 cm³/mol. The van der Waals surface area contributed by atoms with E-state index in [0.717, 1.165) is 12.2 Å². The zero-order chi connectivity index (χ0) is 14.5. The van der Waals surface area contributed by atoms with E-state index in [1.54, 1.807) is 0 Å². The van der Waals surface area contributed by atoms with Gasteiger partial charge >= 0.3 is 0 Å². The van der Waals surface area contributed by atoms with Crippen molar-refractivity contribution in [3.63, 3.8) is 0 Å². The summed E-state index contributed by atoms with van der Waals surface area (Å²) >= 11 is 0. The molecule has 2 aromatic rings. The quantitative estimate of drug-likeness (QED) is 0.915. The summed E-state index contributed by atoms with van der Waals surface area (Å²) in [4.78, 5) is 2.52. The number of aromatic nitrogens is 2. The van der Waals surface area contributed by atoms with Gasteiger partial charge < -0.3 is 10.2 Å².